The number of ether oxygens (including phenoxy) is 2. The van der Waals surface area contributed by atoms with Crippen molar-refractivity contribution in [3.05, 3.63) is 59.7 Å². The molecule has 0 atom stereocenters. The van der Waals surface area contributed by atoms with Gasteiger partial charge in [-0.2, -0.15) is 0 Å². The summed E-state index contributed by atoms with van der Waals surface area (Å²) in [6.07, 6.45) is 0. The summed E-state index contributed by atoms with van der Waals surface area (Å²) < 4.78 is 10.8. The number of amides is 1. The van der Waals surface area contributed by atoms with Crippen LogP contribution in [0.3, 0.4) is 0 Å². The summed E-state index contributed by atoms with van der Waals surface area (Å²) in [7, 11) is 1.68. The lowest BCUT2D eigenvalue weighted by molar-refractivity contribution is -0.917. The zero-order chi connectivity index (χ0) is 18.4. The SMILES string of the molecule is COc1ccc(C[NH+]2CCN(C(=O)COc3cccc(C)c3)CC2)cc1. The lowest BCUT2D eigenvalue weighted by atomic mass is 10.2. The molecule has 0 aliphatic carbocycles. The zero-order valence-electron chi connectivity index (χ0n) is 15.5. The van der Waals surface area contributed by atoms with Gasteiger partial charge in [0, 0.05) is 5.56 Å². The average Bonchev–Trinajstić information content (AvgIpc) is 2.67. The van der Waals surface area contributed by atoms with Gasteiger partial charge in [-0.15, -0.1) is 0 Å². The van der Waals surface area contributed by atoms with Crippen LogP contribution in [-0.4, -0.2) is 50.7 Å². The Kier molecular flexibility index (Phi) is 6.12. The normalized spacial score (nSPS) is 14.9. The minimum Gasteiger partial charge on any atom is -0.497 e. The summed E-state index contributed by atoms with van der Waals surface area (Å²) in [6.45, 7) is 6.58. The molecule has 1 heterocycles. The molecule has 1 aliphatic heterocycles. The number of carbonyl (C=O) groups is 1. The highest BCUT2D eigenvalue weighted by Crippen LogP contribution is 2.12. The lowest BCUT2D eigenvalue weighted by Gasteiger charge is -2.32. The average molecular weight is 355 g/mol. The standard InChI is InChI=1S/C21H26N2O3/c1-17-4-3-5-20(14-17)26-16-21(24)23-12-10-22(11-13-23)15-18-6-8-19(25-2)9-7-18/h3-9,14H,10-13,15-16H2,1-2H3/p+1. The molecule has 0 aromatic heterocycles. The summed E-state index contributed by atoms with van der Waals surface area (Å²) in [5.74, 6) is 1.70. The molecule has 0 saturated carbocycles. The zero-order valence-corrected chi connectivity index (χ0v) is 15.5. The third-order valence-corrected chi connectivity index (χ3v) is 4.79. The van der Waals surface area contributed by atoms with E-state index in [0.29, 0.717) is 0 Å². The fourth-order valence-corrected chi connectivity index (χ4v) is 3.22. The molecule has 1 aliphatic rings. The fraction of sp³-hybridized carbons (Fsp3) is 0.381. The molecule has 5 nitrogen and oxygen atoms in total. The second kappa shape index (κ2) is 8.72. The summed E-state index contributed by atoms with van der Waals surface area (Å²) in [5.41, 5.74) is 2.43. The molecule has 0 bridgehead atoms. The number of aryl methyl sites for hydroxylation is 1. The van der Waals surface area contributed by atoms with Crippen LogP contribution in [0.4, 0.5) is 0 Å². The Balaban J connectivity index is 1.43. The van der Waals surface area contributed by atoms with Gasteiger partial charge in [-0.25, -0.2) is 0 Å². The Morgan fingerprint density at radius 2 is 1.81 bits per heavy atom. The van der Waals surface area contributed by atoms with Crippen molar-refractivity contribution in [2.75, 3.05) is 39.9 Å². The largest absolute Gasteiger partial charge is 0.497 e. The van der Waals surface area contributed by atoms with Gasteiger partial charge in [0.2, 0.25) is 0 Å². The molecule has 1 amide bonds. The van der Waals surface area contributed by atoms with E-state index >= 15 is 0 Å². The molecule has 1 fully saturated rings. The molecule has 138 valence electrons. The van der Waals surface area contributed by atoms with Gasteiger partial charge in [-0.3, -0.25) is 4.79 Å². The Morgan fingerprint density at radius 1 is 1.08 bits per heavy atom. The van der Waals surface area contributed by atoms with Gasteiger partial charge in [0.15, 0.2) is 6.61 Å². The molecular weight excluding hydrogens is 328 g/mol. The van der Waals surface area contributed by atoms with E-state index in [1.807, 2.05) is 48.2 Å². The third kappa shape index (κ3) is 4.99. The van der Waals surface area contributed by atoms with E-state index < -0.39 is 0 Å². The van der Waals surface area contributed by atoms with E-state index in [0.717, 1.165) is 49.8 Å². The molecule has 5 heteroatoms. The van der Waals surface area contributed by atoms with Crippen molar-refractivity contribution in [1.82, 2.24) is 4.90 Å². The molecule has 26 heavy (non-hydrogen) atoms. The molecule has 2 aromatic rings. The fourth-order valence-electron chi connectivity index (χ4n) is 3.22. The maximum Gasteiger partial charge on any atom is 0.260 e. The van der Waals surface area contributed by atoms with Gasteiger partial charge >= 0.3 is 0 Å². The van der Waals surface area contributed by atoms with Crippen molar-refractivity contribution < 1.29 is 19.2 Å². The molecule has 1 N–H and O–H groups in total. The van der Waals surface area contributed by atoms with Crippen LogP contribution in [0, 0.1) is 6.92 Å². The molecule has 3 rings (SSSR count). The van der Waals surface area contributed by atoms with E-state index in [1.54, 1.807) is 7.11 Å². The summed E-state index contributed by atoms with van der Waals surface area (Å²) in [5, 5.41) is 0. The number of carbonyl (C=O) groups excluding carboxylic acids is 1. The molecular formula is C21H27N2O3+. The molecule has 1 saturated heterocycles. The van der Waals surface area contributed by atoms with Crippen LogP contribution in [-0.2, 0) is 11.3 Å². The number of methoxy groups -OCH3 is 1. The van der Waals surface area contributed by atoms with Crippen LogP contribution >= 0.6 is 0 Å². The maximum absolute atomic E-state index is 12.4. The van der Waals surface area contributed by atoms with Gasteiger partial charge < -0.3 is 19.3 Å². The van der Waals surface area contributed by atoms with Crippen molar-refractivity contribution in [2.24, 2.45) is 0 Å². The number of quaternary nitrogens is 1. The number of piperazine rings is 1. The summed E-state index contributed by atoms with van der Waals surface area (Å²) >= 11 is 0. The number of hydrogen-bond acceptors (Lipinski definition) is 3. The first kappa shape index (κ1) is 18.3. The van der Waals surface area contributed by atoms with E-state index in [4.69, 9.17) is 9.47 Å². The third-order valence-electron chi connectivity index (χ3n) is 4.79. The van der Waals surface area contributed by atoms with Crippen LogP contribution in [0.25, 0.3) is 0 Å². The second-order valence-corrected chi connectivity index (χ2v) is 6.76. The number of nitrogens with zero attached hydrogens (tertiary/aromatic N) is 1. The van der Waals surface area contributed by atoms with Crippen molar-refractivity contribution in [1.29, 1.82) is 0 Å². The van der Waals surface area contributed by atoms with Gasteiger partial charge in [0.25, 0.3) is 5.91 Å². The molecule has 0 unspecified atom stereocenters. The van der Waals surface area contributed by atoms with Gasteiger partial charge in [-0.05, 0) is 48.9 Å². The van der Waals surface area contributed by atoms with E-state index in [-0.39, 0.29) is 12.5 Å². The molecule has 0 spiro atoms. The monoisotopic (exact) mass is 355 g/mol. The first-order chi connectivity index (χ1) is 12.6. The van der Waals surface area contributed by atoms with Gasteiger partial charge in [0.1, 0.15) is 18.0 Å². The van der Waals surface area contributed by atoms with Crippen LogP contribution in [0.1, 0.15) is 11.1 Å². The van der Waals surface area contributed by atoms with Crippen LogP contribution in [0.5, 0.6) is 11.5 Å². The lowest BCUT2D eigenvalue weighted by Crippen LogP contribution is -3.13. The topological polar surface area (TPSA) is 43.2 Å². The second-order valence-electron chi connectivity index (χ2n) is 6.76. The first-order valence-corrected chi connectivity index (χ1v) is 9.08. The Labute approximate surface area is 155 Å². The Morgan fingerprint density at radius 3 is 2.46 bits per heavy atom. The highest BCUT2D eigenvalue weighted by atomic mass is 16.5. The van der Waals surface area contributed by atoms with Crippen LogP contribution in [0.15, 0.2) is 48.5 Å². The predicted octanol–water partition coefficient (Wildman–Crippen LogP) is 1.31. The molecule has 0 radical (unpaired) electrons. The summed E-state index contributed by atoms with van der Waals surface area (Å²) in [6, 6.07) is 16.0. The van der Waals surface area contributed by atoms with Crippen molar-refractivity contribution >= 4 is 5.91 Å². The molecule has 2 aromatic carbocycles. The Bertz CT molecular complexity index is 722. The number of rotatable bonds is 6. The minimum atomic E-state index is 0.0648. The maximum atomic E-state index is 12.4. The minimum absolute atomic E-state index is 0.0648. The van der Waals surface area contributed by atoms with Crippen molar-refractivity contribution in [3.63, 3.8) is 0 Å². The van der Waals surface area contributed by atoms with Crippen molar-refractivity contribution in [3.8, 4) is 11.5 Å². The van der Waals surface area contributed by atoms with E-state index in [2.05, 4.69) is 12.1 Å². The first-order valence-electron chi connectivity index (χ1n) is 9.08. The highest BCUT2D eigenvalue weighted by molar-refractivity contribution is 5.77. The van der Waals surface area contributed by atoms with E-state index in [1.165, 1.54) is 10.5 Å². The predicted molar refractivity (Wildman–Crippen MR) is 101 cm³/mol. The number of benzene rings is 2. The van der Waals surface area contributed by atoms with Crippen LogP contribution < -0.4 is 14.4 Å². The van der Waals surface area contributed by atoms with Crippen molar-refractivity contribution in [2.45, 2.75) is 13.5 Å². The highest BCUT2D eigenvalue weighted by Gasteiger charge is 2.24. The van der Waals surface area contributed by atoms with Gasteiger partial charge in [-0.1, -0.05) is 12.1 Å². The summed E-state index contributed by atoms with van der Waals surface area (Å²) in [4.78, 5) is 15.8. The quantitative estimate of drug-likeness (QED) is 0.850. The van der Waals surface area contributed by atoms with Gasteiger partial charge in [0.05, 0.1) is 33.3 Å². The van der Waals surface area contributed by atoms with E-state index in [9.17, 15) is 4.79 Å². The smallest absolute Gasteiger partial charge is 0.260 e. The van der Waals surface area contributed by atoms with Crippen LogP contribution in [0.2, 0.25) is 0 Å². The Hall–Kier alpha value is -2.53. The number of hydrogen-bond donors (Lipinski definition) is 1. The number of nitrogens with one attached hydrogen (secondary N) is 1.